The van der Waals surface area contributed by atoms with Crippen LogP contribution in [-0.4, -0.2) is 6.26 Å². The lowest BCUT2D eigenvalue weighted by Crippen LogP contribution is -1.92. The first kappa shape index (κ1) is 10.6. The minimum Gasteiger partial charge on any atom is -0.207 e. The van der Waals surface area contributed by atoms with E-state index in [0.717, 1.165) is 6.42 Å². The molecule has 0 bridgehead atoms. The fourth-order valence-corrected chi connectivity index (χ4v) is 2.26. The lowest BCUT2D eigenvalue weighted by molar-refractivity contribution is 0.626. The van der Waals surface area contributed by atoms with Gasteiger partial charge in [-0.05, 0) is 30.4 Å². The Morgan fingerprint density at radius 3 is 2.38 bits per heavy atom. The van der Waals surface area contributed by atoms with Crippen LogP contribution in [0.3, 0.4) is 0 Å². The summed E-state index contributed by atoms with van der Waals surface area (Å²) in [6.45, 7) is 2.17. The molecule has 0 fully saturated rings. The van der Waals surface area contributed by atoms with Gasteiger partial charge in [0, 0.05) is 5.25 Å². The van der Waals surface area contributed by atoms with Crippen molar-refractivity contribution in [2.24, 2.45) is 0 Å². The highest BCUT2D eigenvalue weighted by molar-refractivity contribution is 7.98. The minimum absolute atomic E-state index is 0.153. The number of hydrogen-bond acceptors (Lipinski definition) is 1. The van der Waals surface area contributed by atoms with Gasteiger partial charge in [0.15, 0.2) is 0 Å². The topological polar surface area (TPSA) is 0 Å². The molecule has 2 heteroatoms. The number of benzene rings is 1. The molecule has 1 aromatic carbocycles. The van der Waals surface area contributed by atoms with Crippen LogP contribution in [0.2, 0.25) is 0 Å². The second kappa shape index (κ2) is 5.28. The third kappa shape index (κ3) is 3.03. The Labute approximate surface area is 83.5 Å². The fraction of sp³-hybridized carbons (Fsp3) is 0.455. The largest absolute Gasteiger partial charge is 0.207 e. The minimum atomic E-state index is -0.153. The lowest BCUT2D eigenvalue weighted by atomic mass is 10.1. The van der Waals surface area contributed by atoms with Crippen molar-refractivity contribution in [3.05, 3.63) is 35.6 Å². The summed E-state index contributed by atoms with van der Waals surface area (Å²) in [5.74, 6) is -0.153. The van der Waals surface area contributed by atoms with Gasteiger partial charge in [0.2, 0.25) is 0 Å². The van der Waals surface area contributed by atoms with E-state index < -0.39 is 0 Å². The van der Waals surface area contributed by atoms with Crippen molar-refractivity contribution in [1.82, 2.24) is 0 Å². The maximum atomic E-state index is 12.6. The van der Waals surface area contributed by atoms with E-state index in [-0.39, 0.29) is 5.82 Å². The molecule has 0 saturated carbocycles. The average Bonchev–Trinajstić information content (AvgIpc) is 2.16. The highest BCUT2D eigenvalue weighted by Crippen LogP contribution is 2.30. The van der Waals surface area contributed by atoms with Gasteiger partial charge >= 0.3 is 0 Å². The number of halogens is 1. The molecule has 1 unspecified atom stereocenters. The van der Waals surface area contributed by atoms with Crippen molar-refractivity contribution < 1.29 is 4.39 Å². The average molecular weight is 198 g/mol. The second-order valence-corrected chi connectivity index (χ2v) is 4.11. The van der Waals surface area contributed by atoms with Gasteiger partial charge in [-0.2, -0.15) is 11.8 Å². The summed E-state index contributed by atoms with van der Waals surface area (Å²) in [6, 6.07) is 6.83. The van der Waals surface area contributed by atoms with Gasteiger partial charge in [0.1, 0.15) is 5.82 Å². The normalized spacial score (nSPS) is 12.8. The van der Waals surface area contributed by atoms with E-state index in [1.54, 1.807) is 0 Å². The van der Waals surface area contributed by atoms with Crippen molar-refractivity contribution >= 4 is 11.8 Å². The smallest absolute Gasteiger partial charge is 0.123 e. The first-order valence-corrected chi connectivity index (χ1v) is 5.85. The van der Waals surface area contributed by atoms with Crippen molar-refractivity contribution in [2.75, 3.05) is 6.26 Å². The molecule has 0 amide bonds. The molecule has 0 N–H and O–H groups in total. The van der Waals surface area contributed by atoms with E-state index in [2.05, 4.69) is 13.2 Å². The van der Waals surface area contributed by atoms with Gasteiger partial charge in [-0.1, -0.05) is 25.5 Å². The Hall–Kier alpha value is -0.500. The first-order chi connectivity index (χ1) is 6.27. The quantitative estimate of drug-likeness (QED) is 0.704. The molecule has 1 rings (SSSR count). The Morgan fingerprint density at radius 2 is 1.92 bits per heavy atom. The maximum Gasteiger partial charge on any atom is 0.123 e. The zero-order valence-electron chi connectivity index (χ0n) is 8.09. The third-order valence-corrected chi connectivity index (χ3v) is 3.15. The predicted octanol–water partition coefficient (Wildman–Crippen LogP) is 4.03. The molecular weight excluding hydrogens is 183 g/mol. The summed E-state index contributed by atoms with van der Waals surface area (Å²) in [6.07, 6.45) is 4.43. The summed E-state index contributed by atoms with van der Waals surface area (Å²) in [5.41, 5.74) is 1.23. The number of rotatable bonds is 4. The van der Waals surface area contributed by atoms with Crippen LogP contribution in [0, 0.1) is 5.82 Å². The van der Waals surface area contributed by atoms with Gasteiger partial charge < -0.3 is 0 Å². The Balaban J connectivity index is 2.73. The van der Waals surface area contributed by atoms with E-state index in [4.69, 9.17) is 0 Å². The van der Waals surface area contributed by atoms with Gasteiger partial charge in [-0.3, -0.25) is 0 Å². The van der Waals surface area contributed by atoms with Crippen LogP contribution < -0.4 is 0 Å². The molecule has 0 aliphatic rings. The van der Waals surface area contributed by atoms with Crippen LogP contribution in [0.5, 0.6) is 0 Å². The molecule has 0 radical (unpaired) electrons. The van der Waals surface area contributed by atoms with Crippen molar-refractivity contribution in [3.8, 4) is 0 Å². The molecule has 0 saturated heterocycles. The van der Waals surface area contributed by atoms with Crippen molar-refractivity contribution in [2.45, 2.75) is 25.0 Å². The molecule has 1 aromatic rings. The summed E-state index contributed by atoms with van der Waals surface area (Å²) in [4.78, 5) is 0. The van der Waals surface area contributed by atoms with Gasteiger partial charge in [0.05, 0.1) is 0 Å². The summed E-state index contributed by atoms with van der Waals surface area (Å²) < 4.78 is 12.6. The zero-order valence-corrected chi connectivity index (χ0v) is 8.90. The molecule has 0 aromatic heterocycles. The van der Waals surface area contributed by atoms with Crippen LogP contribution in [0.4, 0.5) is 4.39 Å². The van der Waals surface area contributed by atoms with E-state index in [1.165, 1.54) is 24.1 Å². The molecule has 0 nitrogen and oxygen atoms in total. The van der Waals surface area contributed by atoms with Crippen molar-refractivity contribution in [1.29, 1.82) is 0 Å². The Morgan fingerprint density at radius 1 is 1.31 bits per heavy atom. The SMILES string of the molecule is CCCC(SC)c1ccc(F)cc1. The molecule has 0 spiro atoms. The monoisotopic (exact) mass is 198 g/mol. The highest BCUT2D eigenvalue weighted by atomic mass is 32.2. The Bertz CT molecular complexity index is 243. The van der Waals surface area contributed by atoms with E-state index in [9.17, 15) is 4.39 Å². The van der Waals surface area contributed by atoms with Crippen molar-refractivity contribution in [3.63, 3.8) is 0 Å². The summed E-state index contributed by atoms with van der Waals surface area (Å²) in [7, 11) is 0. The molecule has 1 atom stereocenters. The molecular formula is C11H15FS. The molecule has 0 heterocycles. The fourth-order valence-electron chi connectivity index (χ4n) is 1.36. The lowest BCUT2D eigenvalue weighted by Gasteiger charge is -2.13. The van der Waals surface area contributed by atoms with Crippen LogP contribution in [0.15, 0.2) is 24.3 Å². The summed E-state index contributed by atoms with van der Waals surface area (Å²) >= 11 is 1.83. The van der Waals surface area contributed by atoms with Gasteiger partial charge in [0.25, 0.3) is 0 Å². The van der Waals surface area contributed by atoms with Crippen LogP contribution in [0.25, 0.3) is 0 Å². The number of hydrogen-bond donors (Lipinski definition) is 0. The van der Waals surface area contributed by atoms with E-state index in [0.29, 0.717) is 5.25 Å². The highest BCUT2D eigenvalue weighted by Gasteiger charge is 2.07. The standard InChI is InChI=1S/C11H15FS/c1-3-4-11(13-2)9-5-7-10(12)8-6-9/h5-8,11H,3-4H2,1-2H3. The molecule has 13 heavy (non-hydrogen) atoms. The second-order valence-electron chi connectivity index (χ2n) is 3.06. The van der Waals surface area contributed by atoms with Crippen LogP contribution in [-0.2, 0) is 0 Å². The van der Waals surface area contributed by atoms with E-state index >= 15 is 0 Å². The van der Waals surface area contributed by atoms with Gasteiger partial charge in [-0.15, -0.1) is 0 Å². The third-order valence-electron chi connectivity index (χ3n) is 2.08. The molecule has 0 aliphatic carbocycles. The first-order valence-electron chi connectivity index (χ1n) is 4.56. The summed E-state index contributed by atoms with van der Waals surface area (Å²) in [5, 5.41) is 0.519. The van der Waals surface area contributed by atoms with Crippen LogP contribution >= 0.6 is 11.8 Å². The van der Waals surface area contributed by atoms with E-state index in [1.807, 2.05) is 23.9 Å². The Kier molecular flexibility index (Phi) is 4.29. The van der Waals surface area contributed by atoms with Crippen LogP contribution in [0.1, 0.15) is 30.6 Å². The number of thioether (sulfide) groups is 1. The molecule has 0 aliphatic heterocycles. The maximum absolute atomic E-state index is 12.6. The predicted molar refractivity (Wildman–Crippen MR) is 57.6 cm³/mol. The zero-order chi connectivity index (χ0) is 9.68. The van der Waals surface area contributed by atoms with Gasteiger partial charge in [-0.25, -0.2) is 4.39 Å². The molecule has 72 valence electrons.